The van der Waals surface area contributed by atoms with Crippen molar-refractivity contribution in [3.05, 3.63) is 53.1 Å². The fourth-order valence-corrected chi connectivity index (χ4v) is 4.78. The third kappa shape index (κ3) is 4.93. The van der Waals surface area contributed by atoms with Crippen molar-refractivity contribution in [1.82, 2.24) is 9.88 Å². The molecule has 2 amide bonds. The molecule has 12 heteroatoms. The van der Waals surface area contributed by atoms with E-state index >= 15 is 0 Å². The van der Waals surface area contributed by atoms with Crippen molar-refractivity contribution in [1.29, 1.82) is 0 Å². The van der Waals surface area contributed by atoms with Crippen LogP contribution in [0.4, 0.5) is 33.2 Å². The number of halogens is 4. The maximum Gasteiger partial charge on any atom is 0.324 e. The Kier molecular flexibility index (Phi) is 6.91. The lowest BCUT2D eigenvalue weighted by atomic mass is 10.1. The van der Waals surface area contributed by atoms with Crippen molar-refractivity contribution in [2.24, 2.45) is 0 Å². The molecule has 0 spiro atoms. The van der Waals surface area contributed by atoms with Crippen molar-refractivity contribution in [3.63, 3.8) is 0 Å². The molecule has 1 aromatic heterocycles. The van der Waals surface area contributed by atoms with Crippen molar-refractivity contribution in [2.45, 2.75) is 25.5 Å². The van der Waals surface area contributed by atoms with E-state index in [9.17, 15) is 27.5 Å². The second-order valence-electron chi connectivity index (χ2n) is 8.11. The van der Waals surface area contributed by atoms with Crippen LogP contribution >= 0.6 is 11.3 Å². The highest BCUT2D eigenvalue weighted by Gasteiger charge is 2.30. The Morgan fingerprint density at radius 2 is 1.88 bits per heavy atom. The SMILES string of the molecule is C[C@H]1CN(c2cc(F)c(C[C@@H](O)CO)cc2F)CCN1C(=O)Nc1nc2cc(F)c(F)cc2s1. The number of thiazole rings is 1. The summed E-state index contributed by atoms with van der Waals surface area (Å²) in [4.78, 5) is 20.0. The smallest absolute Gasteiger partial charge is 0.324 e. The van der Waals surface area contributed by atoms with Crippen LogP contribution < -0.4 is 10.2 Å². The Hall–Kier alpha value is -2.96. The maximum atomic E-state index is 14.7. The molecule has 34 heavy (non-hydrogen) atoms. The number of aromatic nitrogens is 1. The fraction of sp³-hybridized carbons (Fsp3) is 0.364. The highest BCUT2D eigenvalue weighted by Crippen LogP contribution is 2.29. The van der Waals surface area contributed by atoms with E-state index in [1.165, 1.54) is 4.90 Å². The summed E-state index contributed by atoms with van der Waals surface area (Å²) in [6.07, 6.45) is -1.40. The van der Waals surface area contributed by atoms with Crippen molar-refractivity contribution in [2.75, 3.05) is 36.5 Å². The minimum atomic E-state index is -1.18. The molecule has 2 heterocycles. The van der Waals surface area contributed by atoms with Crippen LogP contribution in [0.2, 0.25) is 0 Å². The molecule has 1 aliphatic heterocycles. The van der Waals surface area contributed by atoms with E-state index in [0.29, 0.717) is 4.70 Å². The molecule has 0 saturated carbocycles. The first-order valence-corrected chi connectivity index (χ1v) is 11.3. The lowest BCUT2D eigenvalue weighted by Gasteiger charge is -2.40. The summed E-state index contributed by atoms with van der Waals surface area (Å²) in [6, 6.07) is 3.20. The van der Waals surface area contributed by atoms with E-state index in [4.69, 9.17) is 5.11 Å². The third-order valence-corrected chi connectivity index (χ3v) is 6.59. The molecule has 2 aromatic carbocycles. The first-order chi connectivity index (χ1) is 16.2. The minimum absolute atomic E-state index is 0.0375. The number of hydrogen-bond donors (Lipinski definition) is 3. The number of urea groups is 1. The number of fused-ring (bicyclic) bond motifs is 1. The molecule has 1 saturated heterocycles. The van der Waals surface area contributed by atoms with Gasteiger partial charge in [0, 0.05) is 44.2 Å². The quantitative estimate of drug-likeness (QED) is 0.469. The van der Waals surface area contributed by atoms with Gasteiger partial charge in [-0.2, -0.15) is 0 Å². The average molecular weight is 499 g/mol. The van der Waals surface area contributed by atoms with E-state index < -0.39 is 42.0 Å². The number of rotatable bonds is 5. The topological polar surface area (TPSA) is 88.9 Å². The lowest BCUT2D eigenvalue weighted by molar-refractivity contribution is 0.0947. The van der Waals surface area contributed by atoms with Gasteiger partial charge in [-0.05, 0) is 24.6 Å². The summed E-state index contributed by atoms with van der Waals surface area (Å²) in [6.45, 7) is 1.89. The number of aliphatic hydroxyl groups excluding tert-OH is 2. The molecule has 0 unspecified atom stereocenters. The zero-order valence-corrected chi connectivity index (χ0v) is 18.9. The summed E-state index contributed by atoms with van der Waals surface area (Å²) in [5.74, 6) is -3.39. The van der Waals surface area contributed by atoms with E-state index in [1.54, 1.807) is 11.8 Å². The first kappa shape index (κ1) is 24.2. The summed E-state index contributed by atoms with van der Waals surface area (Å²) in [7, 11) is 0. The van der Waals surface area contributed by atoms with E-state index in [-0.39, 0.29) is 54.0 Å². The van der Waals surface area contributed by atoms with Crippen LogP contribution in [0.25, 0.3) is 10.2 Å². The molecular weight excluding hydrogens is 476 g/mol. The number of carbonyl (C=O) groups is 1. The van der Waals surface area contributed by atoms with Crippen LogP contribution in [0.5, 0.6) is 0 Å². The van der Waals surface area contributed by atoms with Gasteiger partial charge in [-0.3, -0.25) is 5.32 Å². The van der Waals surface area contributed by atoms with Crippen molar-refractivity contribution >= 4 is 38.4 Å². The average Bonchev–Trinajstić information content (AvgIpc) is 3.16. The number of nitrogens with zero attached hydrogens (tertiary/aromatic N) is 3. The van der Waals surface area contributed by atoms with Crippen LogP contribution in [0.15, 0.2) is 24.3 Å². The maximum absolute atomic E-state index is 14.7. The van der Waals surface area contributed by atoms with Gasteiger partial charge in [-0.1, -0.05) is 11.3 Å². The summed E-state index contributed by atoms with van der Waals surface area (Å²) < 4.78 is 56.4. The Balaban J connectivity index is 1.43. The zero-order chi connectivity index (χ0) is 24.6. The van der Waals surface area contributed by atoms with Crippen LogP contribution in [-0.4, -0.2) is 64.5 Å². The Labute approximate surface area is 196 Å². The number of piperazine rings is 1. The minimum Gasteiger partial charge on any atom is -0.394 e. The summed E-state index contributed by atoms with van der Waals surface area (Å²) in [5.41, 5.74) is 0.232. The normalized spacial score (nSPS) is 17.3. The number of nitrogens with one attached hydrogen (secondary N) is 1. The second-order valence-corrected chi connectivity index (χ2v) is 9.14. The van der Waals surface area contributed by atoms with Crippen LogP contribution in [0.3, 0.4) is 0 Å². The van der Waals surface area contributed by atoms with Gasteiger partial charge in [-0.15, -0.1) is 0 Å². The predicted octanol–water partition coefficient (Wildman–Crippen LogP) is 3.49. The van der Waals surface area contributed by atoms with Gasteiger partial charge in [0.2, 0.25) is 0 Å². The number of aliphatic hydroxyl groups is 2. The highest BCUT2D eigenvalue weighted by atomic mass is 32.1. The van der Waals surface area contributed by atoms with Crippen molar-refractivity contribution < 1.29 is 32.6 Å². The number of anilines is 2. The molecule has 4 rings (SSSR count). The number of hydrogen-bond acceptors (Lipinski definition) is 6. The van der Waals surface area contributed by atoms with E-state index in [1.807, 2.05) is 0 Å². The molecule has 7 nitrogen and oxygen atoms in total. The Morgan fingerprint density at radius 1 is 1.15 bits per heavy atom. The van der Waals surface area contributed by atoms with E-state index in [2.05, 4.69) is 10.3 Å². The molecular formula is C22H22F4N4O3S. The molecule has 3 N–H and O–H groups in total. The van der Waals surface area contributed by atoms with Gasteiger partial charge in [0.15, 0.2) is 16.8 Å². The predicted molar refractivity (Wildman–Crippen MR) is 120 cm³/mol. The van der Waals surface area contributed by atoms with Gasteiger partial charge < -0.3 is 20.0 Å². The van der Waals surface area contributed by atoms with Gasteiger partial charge >= 0.3 is 6.03 Å². The van der Waals surface area contributed by atoms with Crippen LogP contribution in [0, 0.1) is 23.3 Å². The molecule has 182 valence electrons. The second kappa shape index (κ2) is 9.72. The van der Waals surface area contributed by atoms with Gasteiger partial charge in [0.1, 0.15) is 11.6 Å². The number of carbonyl (C=O) groups excluding carboxylic acids is 1. The standard InChI is InChI=1S/C22H22F4N4O3S/c1-11-9-29(19-7-14(23)12(5-17(19)26)4-13(32)10-31)2-3-30(11)22(33)28-21-27-18-6-15(24)16(25)8-20(18)34-21/h5-8,11,13,31-32H,2-4,9-10H2,1H3,(H,27,28,33)/t11-,13+/m0/s1. The fourth-order valence-electron chi connectivity index (χ4n) is 3.91. The number of benzene rings is 2. The van der Waals surface area contributed by atoms with Crippen LogP contribution in [0.1, 0.15) is 12.5 Å². The van der Waals surface area contributed by atoms with E-state index in [0.717, 1.165) is 35.6 Å². The number of amides is 2. The Morgan fingerprint density at radius 3 is 2.59 bits per heavy atom. The van der Waals surface area contributed by atoms with Gasteiger partial charge in [0.05, 0.1) is 28.6 Å². The molecule has 0 bridgehead atoms. The van der Waals surface area contributed by atoms with Gasteiger partial charge in [-0.25, -0.2) is 27.3 Å². The molecule has 0 radical (unpaired) electrons. The molecule has 1 aliphatic rings. The molecule has 1 fully saturated rings. The Bertz CT molecular complexity index is 1190. The first-order valence-electron chi connectivity index (χ1n) is 10.5. The molecule has 2 atom stereocenters. The summed E-state index contributed by atoms with van der Waals surface area (Å²) >= 11 is 1.01. The molecule has 0 aliphatic carbocycles. The third-order valence-electron chi connectivity index (χ3n) is 5.66. The van der Waals surface area contributed by atoms with Crippen molar-refractivity contribution in [3.8, 4) is 0 Å². The highest BCUT2D eigenvalue weighted by molar-refractivity contribution is 7.22. The van der Waals surface area contributed by atoms with Gasteiger partial charge in [0.25, 0.3) is 0 Å². The van der Waals surface area contributed by atoms with Crippen LogP contribution in [-0.2, 0) is 6.42 Å². The monoisotopic (exact) mass is 498 g/mol. The molecule has 3 aromatic rings. The zero-order valence-electron chi connectivity index (χ0n) is 18.1. The summed E-state index contributed by atoms with van der Waals surface area (Å²) in [5, 5.41) is 21.2. The lowest BCUT2D eigenvalue weighted by Crippen LogP contribution is -2.55. The largest absolute Gasteiger partial charge is 0.394 e.